The van der Waals surface area contributed by atoms with Crippen LogP contribution in [0.2, 0.25) is 0 Å². The smallest absolute Gasteiger partial charge is 0.146 e. The molecule has 1 saturated heterocycles. The van der Waals surface area contributed by atoms with Crippen molar-refractivity contribution >= 4 is 5.69 Å². The quantitative estimate of drug-likeness (QED) is 0.909. The Morgan fingerprint density at radius 1 is 1.37 bits per heavy atom. The average Bonchev–Trinajstić information content (AvgIpc) is 2.70. The zero-order valence-corrected chi connectivity index (χ0v) is 12.1. The van der Waals surface area contributed by atoms with Crippen LogP contribution in [0.5, 0.6) is 0 Å². The number of halogens is 1. The molecule has 4 heteroatoms. The maximum atomic E-state index is 14.2. The Bertz CT molecular complexity index is 448. The Hall–Kier alpha value is -1.13. The largest absolute Gasteiger partial charge is 0.389 e. The van der Waals surface area contributed by atoms with E-state index < -0.39 is 6.10 Å². The van der Waals surface area contributed by atoms with Gasteiger partial charge in [0, 0.05) is 24.7 Å². The number of benzene rings is 1. The van der Waals surface area contributed by atoms with Gasteiger partial charge in [-0.1, -0.05) is 19.1 Å². The predicted octanol–water partition coefficient (Wildman–Crippen LogP) is 2.27. The molecule has 0 saturated carbocycles. The molecular formula is C15H23FN2O. The lowest BCUT2D eigenvalue weighted by molar-refractivity contribution is 0.199. The van der Waals surface area contributed by atoms with Crippen LogP contribution in [0.1, 0.15) is 25.5 Å². The second kappa shape index (κ2) is 5.47. The van der Waals surface area contributed by atoms with Crippen molar-refractivity contribution in [3.8, 4) is 0 Å². The van der Waals surface area contributed by atoms with E-state index in [1.165, 1.54) is 6.07 Å². The van der Waals surface area contributed by atoms with Crippen LogP contribution in [-0.2, 0) is 0 Å². The van der Waals surface area contributed by atoms with Gasteiger partial charge in [-0.3, -0.25) is 0 Å². The lowest BCUT2D eigenvalue weighted by Gasteiger charge is -2.25. The van der Waals surface area contributed by atoms with E-state index in [9.17, 15) is 9.50 Å². The summed E-state index contributed by atoms with van der Waals surface area (Å²) in [6, 6.07) is 5.34. The zero-order valence-electron chi connectivity index (χ0n) is 12.1. The average molecular weight is 266 g/mol. The van der Waals surface area contributed by atoms with Gasteiger partial charge in [0.2, 0.25) is 0 Å². The van der Waals surface area contributed by atoms with Gasteiger partial charge >= 0.3 is 0 Å². The molecule has 1 N–H and O–H groups in total. The summed E-state index contributed by atoms with van der Waals surface area (Å²) in [4.78, 5) is 4.25. The number of nitrogens with zero attached hydrogens (tertiary/aromatic N) is 2. The maximum Gasteiger partial charge on any atom is 0.146 e. The minimum atomic E-state index is -0.653. The van der Waals surface area contributed by atoms with Gasteiger partial charge in [0.15, 0.2) is 0 Å². The summed E-state index contributed by atoms with van der Waals surface area (Å²) >= 11 is 0. The van der Waals surface area contributed by atoms with Gasteiger partial charge in [-0.2, -0.15) is 0 Å². The summed E-state index contributed by atoms with van der Waals surface area (Å²) in [5, 5.41) is 9.83. The molecule has 1 heterocycles. The molecule has 0 radical (unpaired) electrons. The third-order valence-corrected chi connectivity index (χ3v) is 4.02. The minimum Gasteiger partial charge on any atom is -0.389 e. The van der Waals surface area contributed by atoms with E-state index in [0.717, 1.165) is 13.1 Å². The fourth-order valence-corrected chi connectivity index (χ4v) is 3.01. The molecule has 1 aromatic carbocycles. The van der Waals surface area contributed by atoms with Crippen LogP contribution in [-0.4, -0.2) is 43.2 Å². The molecule has 0 amide bonds. The van der Waals surface area contributed by atoms with Crippen molar-refractivity contribution in [2.45, 2.75) is 26.0 Å². The lowest BCUT2D eigenvalue weighted by atomic mass is 10.1. The minimum absolute atomic E-state index is 0.245. The predicted molar refractivity (Wildman–Crippen MR) is 75.9 cm³/mol. The Kier molecular flexibility index (Phi) is 4.11. The molecular weight excluding hydrogens is 243 g/mol. The van der Waals surface area contributed by atoms with Crippen LogP contribution >= 0.6 is 0 Å². The van der Waals surface area contributed by atoms with Crippen molar-refractivity contribution in [1.82, 2.24) is 4.90 Å². The van der Waals surface area contributed by atoms with E-state index in [2.05, 4.69) is 30.8 Å². The summed E-state index contributed by atoms with van der Waals surface area (Å²) < 4.78 is 14.2. The van der Waals surface area contributed by atoms with Crippen LogP contribution in [0.3, 0.4) is 0 Å². The Labute approximate surface area is 114 Å². The van der Waals surface area contributed by atoms with Crippen LogP contribution in [0.15, 0.2) is 18.2 Å². The van der Waals surface area contributed by atoms with E-state index in [1.54, 1.807) is 19.1 Å². The summed E-state index contributed by atoms with van der Waals surface area (Å²) in [5.74, 6) is 0.237. The van der Waals surface area contributed by atoms with Gasteiger partial charge < -0.3 is 14.9 Å². The first-order valence-electron chi connectivity index (χ1n) is 6.79. The Balaban J connectivity index is 2.33. The highest BCUT2D eigenvalue weighted by atomic mass is 19.1. The monoisotopic (exact) mass is 266 g/mol. The van der Waals surface area contributed by atoms with Gasteiger partial charge in [-0.25, -0.2) is 4.39 Å². The molecule has 3 atom stereocenters. The molecule has 0 bridgehead atoms. The Morgan fingerprint density at radius 3 is 2.58 bits per heavy atom. The van der Waals surface area contributed by atoms with E-state index >= 15 is 0 Å². The van der Waals surface area contributed by atoms with Crippen LogP contribution < -0.4 is 4.90 Å². The fourth-order valence-electron chi connectivity index (χ4n) is 3.01. The lowest BCUT2D eigenvalue weighted by Crippen LogP contribution is -2.34. The summed E-state index contributed by atoms with van der Waals surface area (Å²) in [6.07, 6.45) is -0.653. The molecule has 1 aliphatic heterocycles. The number of likely N-dealkylation sites (N-methyl/N-ethyl adjacent to an activating group) is 1. The van der Waals surface area contributed by atoms with Crippen molar-refractivity contribution in [1.29, 1.82) is 0 Å². The highest BCUT2D eigenvalue weighted by Gasteiger charge is 2.33. The first-order valence-corrected chi connectivity index (χ1v) is 6.79. The number of anilines is 1. The first kappa shape index (κ1) is 14.3. The van der Waals surface area contributed by atoms with Crippen LogP contribution in [0.25, 0.3) is 0 Å². The van der Waals surface area contributed by atoms with Gasteiger partial charge in [0.1, 0.15) is 5.82 Å². The number of hydrogen-bond donors (Lipinski definition) is 1. The van der Waals surface area contributed by atoms with Crippen molar-refractivity contribution in [2.75, 3.05) is 32.1 Å². The second-order valence-electron chi connectivity index (χ2n) is 5.77. The molecule has 0 aliphatic carbocycles. The molecule has 0 aromatic heterocycles. The number of aliphatic hydroxyl groups excluding tert-OH is 1. The first-order chi connectivity index (χ1) is 8.91. The molecule has 1 fully saturated rings. The topological polar surface area (TPSA) is 26.7 Å². The molecule has 3 nitrogen and oxygen atoms in total. The molecule has 1 aliphatic rings. The number of rotatable bonds is 3. The standard InChI is InChI=1S/C15H23FN2O/c1-10-8-18(9-14(10)17(3)4)15-12(11(2)19)6-5-7-13(15)16/h5-7,10-11,14,19H,8-9H2,1-4H3. The van der Waals surface area contributed by atoms with Gasteiger partial charge in [0.05, 0.1) is 11.8 Å². The maximum absolute atomic E-state index is 14.2. The highest BCUT2D eigenvalue weighted by molar-refractivity contribution is 5.57. The molecule has 2 rings (SSSR count). The van der Waals surface area contributed by atoms with Crippen LogP contribution in [0, 0.1) is 11.7 Å². The molecule has 3 unspecified atom stereocenters. The number of para-hydroxylation sites is 1. The van der Waals surface area contributed by atoms with Crippen molar-refractivity contribution in [3.05, 3.63) is 29.6 Å². The van der Waals surface area contributed by atoms with E-state index in [4.69, 9.17) is 0 Å². The van der Waals surface area contributed by atoms with Crippen molar-refractivity contribution < 1.29 is 9.50 Å². The molecule has 19 heavy (non-hydrogen) atoms. The molecule has 1 aromatic rings. The molecule has 106 valence electrons. The van der Waals surface area contributed by atoms with Gasteiger partial charge in [-0.05, 0) is 33.0 Å². The summed E-state index contributed by atoms with van der Waals surface area (Å²) in [5.41, 5.74) is 1.24. The van der Waals surface area contributed by atoms with Crippen molar-refractivity contribution in [2.24, 2.45) is 5.92 Å². The zero-order chi connectivity index (χ0) is 14.2. The number of aliphatic hydroxyl groups is 1. The van der Waals surface area contributed by atoms with E-state index in [0.29, 0.717) is 23.2 Å². The van der Waals surface area contributed by atoms with Gasteiger partial charge in [-0.15, -0.1) is 0 Å². The summed E-state index contributed by atoms with van der Waals surface area (Å²) in [7, 11) is 4.11. The SMILES string of the molecule is CC(O)c1cccc(F)c1N1CC(C)C(N(C)C)C1. The third-order valence-electron chi connectivity index (χ3n) is 4.02. The summed E-state index contributed by atoms with van der Waals surface area (Å²) in [6.45, 7) is 5.49. The van der Waals surface area contributed by atoms with Crippen LogP contribution in [0.4, 0.5) is 10.1 Å². The Morgan fingerprint density at radius 2 is 2.05 bits per heavy atom. The third kappa shape index (κ3) is 2.74. The van der Waals surface area contributed by atoms with E-state index in [1.807, 2.05) is 0 Å². The molecule has 0 spiro atoms. The van der Waals surface area contributed by atoms with Crippen molar-refractivity contribution in [3.63, 3.8) is 0 Å². The van der Waals surface area contributed by atoms with E-state index in [-0.39, 0.29) is 5.82 Å². The number of hydrogen-bond acceptors (Lipinski definition) is 3. The highest BCUT2D eigenvalue weighted by Crippen LogP contribution is 2.33. The second-order valence-corrected chi connectivity index (χ2v) is 5.77. The fraction of sp³-hybridized carbons (Fsp3) is 0.600. The van der Waals surface area contributed by atoms with Gasteiger partial charge in [0.25, 0.3) is 0 Å². The normalized spacial score (nSPS) is 25.1.